The molecule has 5 heteroatoms. The van der Waals surface area contributed by atoms with E-state index in [0.29, 0.717) is 11.1 Å². The number of rotatable bonds is 3. The monoisotopic (exact) mass is 359 g/mol. The van der Waals surface area contributed by atoms with Crippen LogP contribution >= 0.6 is 11.6 Å². The number of likely N-dealkylation sites (N-methyl/N-ethyl adjacent to an activating group) is 1. The molecule has 2 heterocycles. The smallest absolute Gasteiger partial charge is 0.255 e. The minimum absolute atomic E-state index is 0.132. The molecule has 1 aliphatic rings. The first-order chi connectivity index (χ1) is 11.9. The van der Waals surface area contributed by atoms with Gasteiger partial charge in [0.05, 0.1) is 5.56 Å². The van der Waals surface area contributed by atoms with E-state index in [9.17, 15) is 4.79 Å². The SMILES string of the molecule is Cc1cc(C(=O)N2CCCC(N(C)C)C2)c(C)n1-c1cccc(Cl)c1. The molecule has 2 aromatic rings. The van der Waals surface area contributed by atoms with E-state index in [1.165, 1.54) is 0 Å². The van der Waals surface area contributed by atoms with Crippen LogP contribution in [0.25, 0.3) is 5.69 Å². The highest BCUT2D eigenvalue weighted by molar-refractivity contribution is 6.30. The van der Waals surface area contributed by atoms with Crippen LogP contribution in [0.2, 0.25) is 5.02 Å². The van der Waals surface area contributed by atoms with Crippen LogP contribution in [0.15, 0.2) is 30.3 Å². The maximum Gasteiger partial charge on any atom is 0.255 e. The van der Waals surface area contributed by atoms with E-state index in [2.05, 4.69) is 23.6 Å². The highest BCUT2D eigenvalue weighted by atomic mass is 35.5. The Kier molecular flexibility index (Phi) is 5.21. The van der Waals surface area contributed by atoms with E-state index in [-0.39, 0.29) is 5.91 Å². The molecule has 1 aromatic heterocycles. The molecule has 4 nitrogen and oxygen atoms in total. The van der Waals surface area contributed by atoms with Gasteiger partial charge in [0.25, 0.3) is 5.91 Å². The number of amides is 1. The molecule has 0 spiro atoms. The van der Waals surface area contributed by atoms with E-state index in [0.717, 1.165) is 48.6 Å². The standard InChI is InChI=1S/C20H26ClN3O/c1-14-11-19(15(2)24(14)17-8-5-7-16(21)12-17)20(25)23-10-6-9-18(13-23)22(3)4/h5,7-8,11-12,18H,6,9-10,13H2,1-4H3. The van der Waals surface area contributed by atoms with E-state index < -0.39 is 0 Å². The topological polar surface area (TPSA) is 28.5 Å². The predicted molar refractivity (Wildman–Crippen MR) is 103 cm³/mol. The lowest BCUT2D eigenvalue weighted by atomic mass is 10.0. The third-order valence-corrected chi connectivity index (χ3v) is 5.38. The Bertz CT molecular complexity index is 781. The lowest BCUT2D eigenvalue weighted by molar-refractivity contribution is 0.0634. The van der Waals surface area contributed by atoms with E-state index >= 15 is 0 Å². The number of likely N-dealkylation sites (tertiary alicyclic amines) is 1. The summed E-state index contributed by atoms with van der Waals surface area (Å²) in [6.45, 7) is 5.68. The fourth-order valence-electron chi connectivity index (χ4n) is 3.72. The summed E-state index contributed by atoms with van der Waals surface area (Å²) < 4.78 is 2.10. The third-order valence-electron chi connectivity index (χ3n) is 5.14. The van der Waals surface area contributed by atoms with Gasteiger partial charge in [0.15, 0.2) is 0 Å². The van der Waals surface area contributed by atoms with Gasteiger partial charge in [0.2, 0.25) is 0 Å². The van der Waals surface area contributed by atoms with Crippen molar-refractivity contribution in [3.63, 3.8) is 0 Å². The molecule has 1 aliphatic heterocycles. The molecule has 0 aliphatic carbocycles. The highest BCUT2D eigenvalue weighted by Crippen LogP contribution is 2.25. The summed E-state index contributed by atoms with van der Waals surface area (Å²) in [6, 6.07) is 10.2. The predicted octanol–water partition coefficient (Wildman–Crippen LogP) is 3.91. The zero-order chi connectivity index (χ0) is 18.1. The fourth-order valence-corrected chi connectivity index (χ4v) is 3.91. The first-order valence-corrected chi connectivity index (χ1v) is 9.17. The normalized spacial score (nSPS) is 18.0. The minimum atomic E-state index is 0.132. The minimum Gasteiger partial charge on any atom is -0.337 e. The van der Waals surface area contributed by atoms with Gasteiger partial charge in [-0.25, -0.2) is 0 Å². The van der Waals surface area contributed by atoms with Crippen molar-refractivity contribution in [2.45, 2.75) is 32.7 Å². The first kappa shape index (κ1) is 18.0. The van der Waals surface area contributed by atoms with Crippen LogP contribution in [-0.2, 0) is 0 Å². The quantitative estimate of drug-likeness (QED) is 0.831. The molecule has 1 amide bonds. The van der Waals surface area contributed by atoms with Crippen molar-refractivity contribution < 1.29 is 4.79 Å². The van der Waals surface area contributed by atoms with E-state index in [1.807, 2.05) is 49.1 Å². The lowest BCUT2D eigenvalue weighted by Gasteiger charge is -2.36. The van der Waals surface area contributed by atoms with Gasteiger partial charge < -0.3 is 14.4 Å². The van der Waals surface area contributed by atoms with Crippen molar-refractivity contribution in [3.8, 4) is 5.69 Å². The first-order valence-electron chi connectivity index (χ1n) is 8.79. The molecule has 1 aromatic carbocycles. The zero-order valence-corrected chi connectivity index (χ0v) is 16.2. The van der Waals surface area contributed by atoms with E-state index in [1.54, 1.807) is 0 Å². The molecule has 3 rings (SSSR count). The molecule has 0 saturated carbocycles. The number of carbonyl (C=O) groups excluding carboxylic acids is 1. The number of hydrogen-bond donors (Lipinski definition) is 0. The average molecular weight is 360 g/mol. The van der Waals surface area contributed by atoms with Gasteiger partial charge in [0.1, 0.15) is 0 Å². The number of halogens is 1. The van der Waals surface area contributed by atoms with Crippen LogP contribution in [0, 0.1) is 13.8 Å². The summed E-state index contributed by atoms with van der Waals surface area (Å²) in [7, 11) is 4.17. The zero-order valence-electron chi connectivity index (χ0n) is 15.4. The summed E-state index contributed by atoms with van der Waals surface area (Å²) in [5, 5.41) is 0.697. The molecule has 0 bridgehead atoms. The van der Waals surface area contributed by atoms with Crippen molar-refractivity contribution in [2.24, 2.45) is 0 Å². The molecule has 1 saturated heterocycles. The number of nitrogens with zero attached hydrogens (tertiary/aromatic N) is 3. The van der Waals surface area contributed by atoms with Gasteiger partial charge in [-0.15, -0.1) is 0 Å². The van der Waals surface area contributed by atoms with Gasteiger partial charge in [-0.1, -0.05) is 17.7 Å². The fraction of sp³-hybridized carbons (Fsp3) is 0.450. The number of aryl methyl sites for hydroxylation is 1. The molecular formula is C20H26ClN3O. The van der Waals surface area contributed by atoms with Gasteiger partial charge in [-0.2, -0.15) is 0 Å². The van der Waals surface area contributed by atoms with Crippen molar-refractivity contribution >= 4 is 17.5 Å². The average Bonchev–Trinajstić information content (AvgIpc) is 2.88. The van der Waals surface area contributed by atoms with Gasteiger partial charge in [-0.05, 0) is 65.0 Å². The maximum absolute atomic E-state index is 13.1. The second kappa shape index (κ2) is 7.22. The highest BCUT2D eigenvalue weighted by Gasteiger charge is 2.27. The molecular weight excluding hydrogens is 334 g/mol. The van der Waals surface area contributed by atoms with Crippen molar-refractivity contribution in [1.29, 1.82) is 0 Å². The Morgan fingerprint density at radius 2 is 2.00 bits per heavy atom. The largest absolute Gasteiger partial charge is 0.337 e. The summed E-state index contributed by atoms with van der Waals surface area (Å²) >= 11 is 6.14. The number of carbonyl (C=O) groups is 1. The van der Waals surface area contributed by atoms with Crippen LogP contribution in [0.4, 0.5) is 0 Å². The van der Waals surface area contributed by atoms with Gasteiger partial charge in [-0.3, -0.25) is 4.79 Å². The summed E-state index contributed by atoms with van der Waals surface area (Å²) in [5.74, 6) is 0.132. The van der Waals surface area contributed by atoms with E-state index in [4.69, 9.17) is 11.6 Å². The third kappa shape index (κ3) is 3.60. The van der Waals surface area contributed by atoms with Crippen LogP contribution in [-0.4, -0.2) is 53.5 Å². The maximum atomic E-state index is 13.1. The molecule has 134 valence electrons. The van der Waals surface area contributed by atoms with Crippen molar-refractivity contribution in [1.82, 2.24) is 14.4 Å². The molecule has 0 N–H and O–H groups in total. The Labute approximate surface area is 155 Å². The lowest BCUT2D eigenvalue weighted by Crippen LogP contribution is -2.47. The Morgan fingerprint density at radius 1 is 1.24 bits per heavy atom. The van der Waals surface area contributed by atoms with Crippen LogP contribution in [0.3, 0.4) is 0 Å². The summed E-state index contributed by atoms with van der Waals surface area (Å²) in [5.41, 5.74) is 3.80. The Hall–Kier alpha value is -1.78. The molecule has 1 unspecified atom stereocenters. The van der Waals surface area contributed by atoms with Crippen LogP contribution < -0.4 is 0 Å². The van der Waals surface area contributed by atoms with Crippen LogP contribution in [0.1, 0.15) is 34.6 Å². The summed E-state index contributed by atoms with van der Waals surface area (Å²) in [6.07, 6.45) is 2.21. The molecule has 1 fully saturated rings. The summed E-state index contributed by atoms with van der Waals surface area (Å²) in [4.78, 5) is 17.3. The Morgan fingerprint density at radius 3 is 2.68 bits per heavy atom. The van der Waals surface area contributed by atoms with Gasteiger partial charge in [0, 0.05) is 41.2 Å². The number of hydrogen-bond acceptors (Lipinski definition) is 2. The van der Waals surface area contributed by atoms with Crippen LogP contribution in [0.5, 0.6) is 0 Å². The molecule has 0 radical (unpaired) electrons. The molecule has 25 heavy (non-hydrogen) atoms. The second-order valence-corrected chi connectivity index (χ2v) is 7.55. The second-order valence-electron chi connectivity index (χ2n) is 7.11. The number of aromatic nitrogens is 1. The number of benzene rings is 1. The van der Waals surface area contributed by atoms with Crippen molar-refractivity contribution in [2.75, 3.05) is 27.2 Å². The molecule has 1 atom stereocenters. The Balaban J connectivity index is 1.91. The number of piperidine rings is 1. The van der Waals surface area contributed by atoms with Crippen molar-refractivity contribution in [3.05, 3.63) is 52.3 Å². The van der Waals surface area contributed by atoms with Gasteiger partial charge >= 0.3 is 0 Å².